The number of benzene rings is 2. The number of hydrogen-bond acceptors (Lipinski definition) is 10. The molecule has 0 aromatic heterocycles. The molecule has 6 N–H and O–H groups in total. The molecule has 1 aliphatic rings. The summed E-state index contributed by atoms with van der Waals surface area (Å²) in [4.78, 5) is 12.2. The van der Waals surface area contributed by atoms with E-state index < -0.39 is 36.7 Å². The van der Waals surface area contributed by atoms with Crippen molar-refractivity contribution in [1.29, 1.82) is 0 Å². The number of aliphatic hydroxyl groups is 4. The van der Waals surface area contributed by atoms with Gasteiger partial charge >= 0.3 is 5.97 Å². The number of aliphatic hydroxyl groups excluding tert-OH is 4. The fraction of sp³-hybridized carbons (Fsp3) is 0.500. The number of phenols is 1. The van der Waals surface area contributed by atoms with Crippen molar-refractivity contribution in [1.82, 2.24) is 0 Å². The first-order valence-corrected chi connectivity index (χ1v) is 11.8. The fourth-order valence-corrected chi connectivity index (χ4v) is 4.18. The molecule has 0 aliphatic carbocycles. The molecule has 11 heteroatoms. The molecule has 1 aliphatic heterocycles. The van der Waals surface area contributed by atoms with E-state index in [9.17, 15) is 35.4 Å². The summed E-state index contributed by atoms with van der Waals surface area (Å²) >= 11 is 0. The zero-order chi connectivity index (χ0) is 27.4. The molecular formula is C26H34O11. The van der Waals surface area contributed by atoms with E-state index in [4.69, 9.17) is 18.9 Å². The molecule has 11 nitrogen and oxygen atoms in total. The van der Waals surface area contributed by atoms with Crippen LogP contribution in [0.25, 0.3) is 0 Å². The second-order valence-corrected chi connectivity index (χ2v) is 9.45. The molecule has 5 atom stereocenters. The summed E-state index contributed by atoms with van der Waals surface area (Å²) in [7, 11) is 1.29. The highest BCUT2D eigenvalue weighted by Crippen LogP contribution is 2.42. The average Bonchev–Trinajstić information content (AvgIpc) is 2.82. The van der Waals surface area contributed by atoms with Crippen LogP contribution in [0.1, 0.15) is 53.4 Å². The molecule has 2 aromatic carbocycles. The van der Waals surface area contributed by atoms with Gasteiger partial charge in [-0.3, -0.25) is 0 Å². The minimum absolute atomic E-state index is 0.0613. The van der Waals surface area contributed by atoms with Crippen molar-refractivity contribution in [2.45, 2.75) is 64.5 Å². The second-order valence-electron chi connectivity index (χ2n) is 9.45. The number of rotatable bonds is 10. The standard InChI is InChI=1S/C26H34O11/c1-12(2)7-16(27)15-5-6-19(20(25(32)33)24(15)34-4)37-23-14(8-13(3)9-17(23)28)10-35-26-22(31)21(30)18(29)11-36-26/h5-6,8-9,12,16,18,21-22,26-31H,7,10-11H2,1-4H3,(H,32,33)/t16-,18+,21-,22+,26+/m0/s1. The van der Waals surface area contributed by atoms with Gasteiger partial charge in [0.15, 0.2) is 17.8 Å². The molecule has 37 heavy (non-hydrogen) atoms. The zero-order valence-electron chi connectivity index (χ0n) is 21.1. The van der Waals surface area contributed by atoms with Gasteiger partial charge in [0.25, 0.3) is 0 Å². The number of aromatic carboxylic acids is 1. The van der Waals surface area contributed by atoms with Crippen molar-refractivity contribution in [3.8, 4) is 23.0 Å². The zero-order valence-corrected chi connectivity index (χ0v) is 21.1. The van der Waals surface area contributed by atoms with Gasteiger partial charge in [-0.15, -0.1) is 0 Å². The van der Waals surface area contributed by atoms with Crippen LogP contribution in [0.2, 0.25) is 0 Å². The SMILES string of the molecule is COc1c([C@@H](O)CC(C)C)ccc(Oc2c(O)cc(C)cc2CO[C@@H]2OC[C@@H](O)[C@H](O)[C@H]2O)c1C(=O)O. The van der Waals surface area contributed by atoms with Gasteiger partial charge in [-0.1, -0.05) is 13.8 Å². The Morgan fingerprint density at radius 3 is 2.46 bits per heavy atom. The van der Waals surface area contributed by atoms with Crippen LogP contribution in [0.15, 0.2) is 24.3 Å². The third-order valence-corrected chi connectivity index (χ3v) is 5.98. The number of ether oxygens (including phenoxy) is 4. The lowest BCUT2D eigenvalue weighted by molar-refractivity contribution is -0.273. The average molecular weight is 523 g/mol. The molecule has 0 unspecified atom stereocenters. The number of phenolic OH excluding ortho intramolecular Hbond substituents is 1. The van der Waals surface area contributed by atoms with Crippen LogP contribution in [-0.4, -0.2) is 74.9 Å². The highest BCUT2D eigenvalue weighted by atomic mass is 16.7. The summed E-state index contributed by atoms with van der Waals surface area (Å²) in [5.74, 6) is -1.81. The van der Waals surface area contributed by atoms with Crippen LogP contribution in [0.5, 0.6) is 23.0 Å². The predicted molar refractivity (Wildman–Crippen MR) is 130 cm³/mol. The highest BCUT2D eigenvalue weighted by Gasteiger charge is 2.38. The summed E-state index contributed by atoms with van der Waals surface area (Å²) < 4.78 is 22.1. The van der Waals surface area contributed by atoms with E-state index in [1.807, 2.05) is 13.8 Å². The van der Waals surface area contributed by atoms with Gasteiger partial charge in [0.05, 0.1) is 26.4 Å². The lowest BCUT2D eigenvalue weighted by atomic mass is 9.96. The van der Waals surface area contributed by atoms with E-state index in [0.717, 1.165) is 0 Å². The van der Waals surface area contributed by atoms with Gasteiger partial charge in [-0.25, -0.2) is 4.79 Å². The largest absolute Gasteiger partial charge is 0.504 e. The molecule has 2 aromatic rings. The Labute approximate surface area is 214 Å². The van der Waals surface area contributed by atoms with Gasteiger partial charge in [0.1, 0.15) is 35.4 Å². The van der Waals surface area contributed by atoms with Crippen LogP contribution in [0.3, 0.4) is 0 Å². The number of methoxy groups -OCH3 is 1. The molecule has 0 spiro atoms. The summed E-state index contributed by atoms with van der Waals surface area (Å²) in [6.45, 7) is 5.07. The van der Waals surface area contributed by atoms with Crippen LogP contribution in [-0.2, 0) is 16.1 Å². The Bertz CT molecular complexity index is 1100. The summed E-state index contributed by atoms with van der Waals surface area (Å²) in [6.07, 6.45) is -6.07. The quantitative estimate of drug-likeness (QED) is 0.270. The van der Waals surface area contributed by atoms with Gasteiger partial charge in [-0.05, 0) is 49.1 Å². The van der Waals surface area contributed by atoms with Crippen LogP contribution >= 0.6 is 0 Å². The minimum atomic E-state index is -1.51. The maximum absolute atomic E-state index is 12.2. The van der Waals surface area contributed by atoms with Crippen molar-refractivity contribution in [3.05, 3.63) is 46.5 Å². The smallest absolute Gasteiger partial charge is 0.343 e. The second kappa shape index (κ2) is 12.1. The van der Waals surface area contributed by atoms with Gasteiger partial charge in [-0.2, -0.15) is 0 Å². The first-order chi connectivity index (χ1) is 17.4. The molecule has 0 bridgehead atoms. The van der Waals surface area contributed by atoms with Crippen molar-refractivity contribution >= 4 is 5.97 Å². The molecule has 3 rings (SSSR count). The molecule has 204 valence electrons. The van der Waals surface area contributed by atoms with E-state index in [0.29, 0.717) is 23.1 Å². The van der Waals surface area contributed by atoms with E-state index in [1.54, 1.807) is 13.0 Å². The monoisotopic (exact) mass is 522 g/mol. The van der Waals surface area contributed by atoms with Gasteiger partial charge in [0, 0.05) is 11.1 Å². The Morgan fingerprint density at radius 1 is 1.14 bits per heavy atom. The van der Waals surface area contributed by atoms with Crippen molar-refractivity contribution in [3.63, 3.8) is 0 Å². The number of carboxylic acid groups (broad SMARTS) is 1. The minimum Gasteiger partial charge on any atom is -0.504 e. The number of aromatic hydroxyl groups is 1. The highest BCUT2D eigenvalue weighted by molar-refractivity contribution is 5.95. The molecule has 0 saturated carbocycles. The Morgan fingerprint density at radius 2 is 1.84 bits per heavy atom. The number of carboxylic acids is 1. The number of carbonyl (C=O) groups is 1. The van der Waals surface area contributed by atoms with Gasteiger partial charge < -0.3 is 49.6 Å². The Balaban J connectivity index is 1.96. The Kier molecular flexibility index (Phi) is 9.35. The van der Waals surface area contributed by atoms with E-state index in [2.05, 4.69) is 0 Å². The van der Waals surface area contributed by atoms with Crippen molar-refractivity contribution in [2.75, 3.05) is 13.7 Å². The van der Waals surface area contributed by atoms with Crippen LogP contribution < -0.4 is 9.47 Å². The predicted octanol–water partition coefficient (Wildman–Crippen LogP) is 2.23. The van der Waals surface area contributed by atoms with E-state index in [-0.39, 0.29) is 47.7 Å². The third kappa shape index (κ3) is 6.50. The van der Waals surface area contributed by atoms with Gasteiger partial charge in [0.2, 0.25) is 0 Å². The van der Waals surface area contributed by atoms with E-state index in [1.165, 1.54) is 25.3 Å². The van der Waals surface area contributed by atoms with Crippen LogP contribution in [0.4, 0.5) is 0 Å². The molecule has 1 saturated heterocycles. The Hall–Kier alpha value is -2.93. The maximum atomic E-state index is 12.2. The lowest BCUT2D eigenvalue weighted by Gasteiger charge is -2.34. The van der Waals surface area contributed by atoms with Crippen molar-refractivity contribution < 1.29 is 54.4 Å². The maximum Gasteiger partial charge on any atom is 0.343 e. The summed E-state index contributed by atoms with van der Waals surface area (Å²) in [5, 5.41) is 60.9. The molecule has 0 radical (unpaired) electrons. The third-order valence-electron chi connectivity index (χ3n) is 5.98. The number of hydrogen-bond donors (Lipinski definition) is 6. The van der Waals surface area contributed by atoms with Crippen LogP contribution in [0, 0.1) is 12.8 Å². The summed E-state index contributed by atoms with van der Waals surface area (Å²) in [5.41, 5.74) is 0.903. The fourth-order valence-electron chi connectivity index (χ4n) is 4.18. The lowest BCUT2D eigenvalue weighted by Crippen LogP contribution is -2.53. The topological polar surface area (TPSA) is 175 Å². The first-order valence-electron chi connectivity index (χ1n) is 11.8. The normalized spacial score (nSPS) is 22.6. The van der Waals surface area contributed by atoms with Crippen molar-refractivity contribution in [2.24, 2.45) is 5.92 Å². The number of aryl methyl sites for hydroxylation is 1. The molecule has 1 heterocycles. The molecular weight excluding hydrogens is 488 g/mol. The summed E-state index contributed by atoms with van der Waals surface area (Å²) in [6, 6.07) is 5.94. The molecule has 0 amide bonds. The van der Waals surface area contributed by atoms with E-state index >= 15 is 0 Å². The first kappa shape index (κ1) is 28.6. The molecule has 1 fully saturated rings.